The minimum absolute atomic E-state index is 1.10. The van der Waals surface area contributed by atoms with Crippen molar-refractivity contribution in [3.63, 3.8) is 0 Å². The van der Waals surface area contributed by atoms with Crippen LogP contribution in [0.2, 0.25) is 19.6 Å². The molecule has 1 nitrogen and oxygen atoms in total. The molecular weight excluding hydrogens is 290 g/mol. The van der Waals surface area contributed by atoms with Crippen molar-refractivity contribution in [1.29, 1.82) is 0 Å². The quantitative estimate of drug-likeness (QED) is 0.511. The first-order chi connectivity index (χ1) is 10.1. The van der Waals surface area contributed by atoms with Crippen molar-refractivity contribution in [1.82, 2.24) is 4.98 Å². The van der Waals surface area contributed by atoms with Crippen LogP contribution in [0.4, 0.5) is 0 Å². The van der Waals surface area contributed by atoms with Crippen molar-refractivity contribution in [3.8, 4) is 0 Å². The fourth-order valence-electron chi connectivity index (χ4n) is 2.04. The highest BCUT2D eigenvalue weighted by Crippen LogP contribution is 2.32. The third-order valence-corrected chi connectivity index (χ3v) is 7.86. The Morgan fingerprint density at radius 3 is 2.38 bits per heavy atom. The van der Waals surface area contributed by atoms with E-state index >= 15 is 0 Å². The number of allylic oxidation sites excluding steroid dienone is 1. The summed E-state index contributed by atoms with van der Waals surface area (Å²) in [5, 5.41) is 1.10. The maximum Gasteiger partial charge on any atom is 0.1000 e. The molecule has 0 unspecified atom stereocenters. The highest BCUT2D eigenvalue weighted by molar-refractivity contribution is 8.05. The molecule has 1 aromatic carbocycles. The SMILES string of the molecule is C[Si](C)(C)/C(=C\CCc1ccccc1)Sc1ccccn1. The zero-order valence-corrected chi connectivity index (χ0v) is 14.9. The van der Waals surface area contributed by atoms with E-state index in [1.165, 1.54) is 10.1 Å². The molecule has 0 bridgehead atoms. The average molecular weight is 314 g/mol. The molecule has 1 aromatic heterocycles. The van der Waals surface area contributed by atoms with Gasteiger partial charge in [0, 0.05) is 6.20 Å². The molecule has 0 amide bonds. The standard InChI is InChI=1S/C18H23NSSi/c1-21(2,3)18(20-17-13-7-8-15-19-17)14-9-12-16-10-5-4-6-11-16/h4-8,10-11,13-15H,9,12H2,1-3H3/b18-14-. The van der Waals surface area contributed by atoms with Crippen LogP contribution in [-0.2, 0) is 6.42 Å². The van der Waals surface area contributed by atoms with E-state index in [0.717, 1.165) is 17.9 Å². The van der Waals surface area contributed by atoms with Crippen molar-refractivity contribution >= 4 is 19.8 Å². The Morgan fingerprint density at radius 1 is 1.05 bits per heavy atom. The molecule has 2 aromatic rings. The van der Waals surface area contributed by atoms with Crippen molar-refractivity contribution in [2.75, 3.05) is 0 Å². The number of rotatable bonds is 6. The smallest absolute Gasteiger partial charge is 0.1000 e. The fourth-order valence-corrected chi connectivity index (χ4v) is 5.02. The van der Waals surface area contributed by atoms with Gasteiger partial charge in [0.25, 0.3) is 0 Å². The lowest BCUT2D eigenvalue weighted by atomic mass is 10.1. The predicted octanol–water partition coefficient (Wildman–Crippen LogP) is 5.57. The van der Waals surface area contributed by atoms with E-state index < -0.39 is 8.07 Å². The molecule has 0 atom stereocenters. The van der Waals surface area contributed by atoms with Gasteiger partial charge in [0.2, 0.25) is 0 Å². The zero-order chi connectivity index (χ0) is 15.1. The summed E-state index contributed by atoms with van der Waals surface area (Å²) in [5.74, 6) is 0. The molecule has 2 rings (SSSR count). The van der Waals surface area contributed by atoms with Crippen molar-refractivity contribution in [3.05, 3.63) is 70.9 Å². The van der Waals surface area contributed by atoms with Gasteiger partial charge in [-0.1, -0.05) is 73.9 Å². The van der Waals surface area contributed by atoms with Crippen LogP contribution in [0, 0.1) is 0 Å². The number of hydrogen-bond acceptors (Lipinski definition) is 2. The first kappa shape index (κ1) is 16.1. The number of nitrogens with zero attached hydrogens (tertiary/aromatic N) is 1. The predicted molar refractivity (Wildman–Crippen MR) is 96.3 cm³/mol. The summed E-state index contributed by atoms with van der Waals surface area (Å²) in [4.78, 5) is 4.44. The number of hydrogen-bond donors (Lipinski definition) is 0. The molecule has 1 heterocycles. The first-order valence-corrected chi connectivity index (χ1v) is 11.7. The molecule has 0 radical (unpaired) electrons. The third kappa shape index (κ3) is 5.52. The maximum absolute atomic E-state index is 4.44. The number of aromatic nitrogens is 1. The summed E-state index contributed by atoms with van der Waals surface area (Å²) >= 11 is 1.84. The van der Waals surface area contributed by atoms with Crippen LogP contribution < -0.4 is 0 Å². The Morgan fingerprint density at radius 2 is 1.76 bits per heavy atom. The Hall–Kier alpha value is -1.32. The molecule has 0 spiro atoms. The molecule has 0 aliphatic heterocycles. The van der Waals surface area contributed by atoms with E-state index in [-0.39, 0.29) is 0 Å². The zero-order valence-electron chi connectivity index (χ0n) is 13.0. The Labute approximate surface area is 133 Å². The van der Waals surface area contributed by atoms with E-state index in [1.807, 2.05) is 24.0 Å². The second-order valence-electron chi connectivity index (χ2n) is 6.11. The Kier molecular flexibility index (Phi) is 5.82. The first-order valence-electron chi connectivity index (χ1n) is 7.39. The van der Waals surface area contributed by atoms with Gasteiger partial charge < -0.3 is 0 Å². The molecule has 110 valence electrons. The molecule has 21 heavy (non-hydrogen) atoms. The van der Waals surface area contributed by atoms with Gasteiger partial charge in [-0.2, -0.15) is 0 Å². The Bertz CT molecular complexity index is 573. The molecule has 0 aliphatic rings. The van der Waals surface area contributed by atoms with Crippen molar-refractivity contribution in [2.24, 2.45) is 0 Å². The normalized spacial score (nSPS) is 12.4. The third-order valence-electron chi connectivity index (χ3n) is 3.20. The molecule has 0 fully saturated rings. The monoisotopic (exact) mass is 313 g/mol. The lowest BCUT2D eigenvalue weighted by Gasteiger charge is -2.20. The van der Waals surface area contributed by atoms with Gasteiger partial charge in [0.15, 0.2) is 0 Å². The minimum Gasteiger partial charge on any atom is -0.250 e. The summed E-state index contributed by atoms with van der Waals surface area (Å²) in [6.07, 6.45) is 6.51. The molecule has 3 heteroatoms. The van der Waals surface area contributed by atoms with Gasteiger partial charge in [0.05, 0.1) is 13.1 Å². The van der Waals surface area contributed by atoms with Crippen LogP contribution in [0.15, 0.2) is 70.4 Å². The van der Waals surface area contributed by atoms with Gasteiger partial charge in [-0.3, -0.25) is 0 Å². The molecule has 0 aliphatic carbocycles. The maximum atomic E-state index is 4.44. The van der Waals surface area contributed by atoms with Crippen LogP contribution in [-0.4, -0.2) is 13.1 Å². The number of thioether (sulfide) groups is 1. The van der Waals surface area contributed by atoms with Crippen LogP contribution in [0.1, 0.15) is 12.0 Å². The molecule has 0 N–H and O–H groups in total. The fraction of sp³-hybridized carbons (Fsp3) is 0.278. The minimum atomic E-state index is -1.32. The topological polar surface area (TPSA) is 12.9 Å². The Balaban J connectivity index is 2.04. The lowest BCUT2D eigenvalue weighted by Crippen LogP contribution is -2.22. The van der Waals surface area contributed by atoms with E-state index in [2.05, 4.69) is 73.2 Å². The largest absolute Gasteiger partial charge is 0.250 e. The van der Waals surface area contributed by atoms with Gasteiger partial charge >= 0.3 is 0 Å². The molecule has 0 saturated heterocycles. The van der Waals surface area contributed by atoms with Crippen molar-refractivity contribution < 1.29 is 0 Å². The van der Waals surface area contributed by atoms with Gasteiger partial charge in [-0.05, 0) is 35.1 Å². The summed E-state index contributed by atoms with van der Waals surface area (Å²) in [5.41, 5.74) is 1.41. The molecule has 0 saturated carbocycles. The van der Waals surface area contributed by atoms with Gasteiger partial charge in [-0.15, -0.1) is 0 Å². The number of pyridine rings is 1. The summed E-state index contributed by atoms with van der Waals surface area (Å²) in [6.45, 7) is 7.20. The highest BCUT2D eigenvalue weighted by Gasteiger charge is 2.20. The van der Waals surface area contributed by atoms with E-state index in [1.54, 1.807) is 0 Å². The lowest BCUT2D eigenvalue weighted by molar-refractivity contribution is 1.00. The van der Waals surface area contributed by atoms with Gasteiger partial charge in [0.1, 0.15) is 0 Å². The summed E-state index contributed by atoms with van der Waals surface area (Å²) in [6, 6.07) is 16.8. The van der Waals surface area contributed by atoms with Gasteiger partial charge in [-0.25, -0.2) is 4.98 Å². The van der Waals surface area contributed by atoms with E-state index in [0.29, 0.717) is 0 Å². The van der Waals surface area contributed by atoms with Crippen LogP contribution >= 0.6 is 11.8 Å². The second kappa shape index (κ2) is 7.62. The highest BCUT2D eigenvalue weighted by atomic mass is 32.2. The van der Waals surface area contributed by atoms with Crippen LogP contribution in [0.25, 0.3) is 0 Å². The van der Waals surface area contributed by atoms with E-state index in [9.17, 15) is 0 Å². The number of benzene rings is 1. The van der Waals surface area contributed by atoms with E-state index in [4.69, 9.17) is 0 Å². The summed E-state index contributed by atoms with van der Waals surface area (Å²) < 4.78 is 1.53. The number of aryl methyl sites for hydroxylation is 1. The second-order valence-corrected chi connectivity index (χ2v) is 12.6. The summed E-state index contributed by atoms with van der Waals surface area (Å²) in [7, 11) is -1.32. The van der Waals surface area contributed by atoms with Crippen LogP contribution in [0.5, 0.6) is 0 Å². The van der Waals surface area contributed by atoms with Crippen LogP contribution in [0.3, 0.4) is 0 Å². The molecular formula is C18H23NSSi. The average Bonchev–Trinajstić information content (AvgIpc) is 2.47. The van der Waals surface area contributed by atoms with Crippen molar-refractivity contribution in [2.45, 2.75) is 37.5 Å².